The van der Waals surface area contributed by atoms with Gasteiger partial charge in [-0.2, -0.15) is 15.3 Å². The average molecular weight is 1490 g/mol. The number of halogens is 3. The van der Waals surface area contributed by atoms with E-state index >= 15 is 8.78 Å². The van der Waals surface area contributed by atoms with E-state index in [1.165, 1.54) is 31.1 Å². The standard InChI is InChI=1S/C29H44FN9.C27H33FN8O.C24H33FN8/c1-29(2,18-36(3)4)17-32-24-11-6-20(16-23(24)30)26-25-27(31)33-19-34-28(25)39(35-26)22-9-7-21(8-10-22)38-14-12-37(5)13-15-38;1-34-10-12-35(13-11-34)19-5-7-20(8-6-19)36-27-24(26(29)31-17-32-27)25(33-36)18-4-9-23(22(28)15-18)30-16-21-3-2-14-37-21;1-3-27-20-9-4-16(14-19(20)25)22-21-23(26)28-15-29-24(21)33(30-22)18-7-5-17(6-8-18)32-12-10-31(2)11-13-32/h6,11,16,19,21-22,32H,7-10,12-15,17-18H2,1-5H3,(H2,31,33,34);2-4,9,14-15,17,19-20,30H,5-8,10-13,16H2,1H3,(H2,29,31,32);4,9,14-15,17-18,27H,3,5-8,10-13H2,1-2H3,(H2,26,28,29). The molecule has 3 saturated heterocycles. The fraction of sp³-hybridized carbons (Fsp3) is 0.537. The van der Waals surface area contributed by atoms with Crippen LogP contribution in [0.25, 0.3) is 66.9 Å². The van der Waals surface area contributed by atoms with Crippen LogP contribution >= 0.6 is 0 Å². The van der Waals surface area contributed by atoms with E-state index in [0.29, 0.717) is 128 Å². The topological polar surface area (TPSA) is 281 Å². The maximum atomic E-state index is 15.3. The molecule has 6 fully saturated rings. The number of nitrogens with two attached hydrogens (primary N) is 3. The lowest BCUT2D eigenvalue weighted by atomic mass is 9.90. The smallest absolute Gasteiger partial charge is 0.164 e. The average Bonchev–Trinajstić information content (AvgIpc) is 1.62. The Balaban J connectivity index is 0.000000137. The van der Waals surface area contributed by atoms with Crippen LogP contribution in [0.3, 0.4) is 0 Å². The summed E-state index contributed by atoms with van der Waals surface area (Å²) in [6.07, 6.45) is 19.2. The van der Waals surface area contributed by atoms with Crippen molar-refractivity contribution in [2.75, 3.05) is 167 Å². The largest absolute Gasteiger partial charge is 0.467 e. The SMILES string of the molecule is CCNc1ccc(-c2nn(C3CCC(N4CCN(C)CC4)CC3)c3ncnc(N)c23)cc1F.CN(C)CC(C)(C)CNc1ccc(-c2nn(C3CCC(N4CCN(C)CC4)CC3)c3ncnc(N)c23)cc1F.CN1CCN(C2CCC(n3nc(-c4ccc(NCc5ccco5)c(F)c4)c4c(N)ncnc43)CC2)CC1. The Bertz CT molecular complexity index is 4670. The van der Waals surface area contributed by atoms with E-state index in [1.807, 2.05) is 51.3 Å². The summed E-state index contributed by atoms with van der Waals surface area (Å²) in [5.41, 5.74) is 26.4. The van der Waals surface area contributed by atoms with Gasteiger partial charge in [0.05, 0.1) is 64.2 Å². The van der Waals surface area contributed by atoms with E-state index in [9.17, 15) is 4.39 Å². The fourth-order valence-corrected chi connectivity index (χ4v) is 17.4. The highest BCUT2D eigenvalue weighted by molar-refractivity contribution is 6.00. The van der Waals surface area contributed by atoms with Gasteiger partial charge in [-0.25, -0.2) is 57.1 Å². The first-order chi connectivity index (χ1) is 52.7. The lowest BCUT2D eigenvalue weighted by Gasteiger charge is -2.41. The molecular formula is C80H110F3N25O. The minimum absolute atomic E-state index is 0.00126. The van der Waals surface area contributed by atoms with Gasteiger partial charge in [0.1, 0.15) is 76.7 Å². The Kier molecular flexibility index (Phi) is 23.9. The van der Waals surface area contributed by atoms with Crippen LogP contribution in [-0.4, -0.2) is 245 Å². The van der Waals surface area contributed by atoms with Crippen molar-refractivity contribution in [3.05, 3.63) is 115 Å². The number of nitrogens with zero attached hydrogens (tertiary/aromatic N) is 19. The number of anilines is 6. The Morgan fingerprint density at radius 2 is 0.780 bits per heavy atom. The van der Waals surface area contributed by atoms with Gasteiger partial charge in [0, 0.05) is 133 Å². The molecule has 109 heavy (non-hydrogen) atoms. The highest BCUT2D eigenvalue weighted by atomic mass is 19.1. The quantitative estimate of drug-likeness (QED) is 0.0439. The van der Waals surface area contributed by atoms with Crippen molar-refractivity contribution in [1.82, 2.24) is 93.5 Å². The van der Waals surface area contributed by atoms with Crippen LogP contribution in [0.1, 0.15) is 122 Å². The van der Waals surface area contributed by atoms with Gasteiger partial charge in [0.25, 0.3) is 0 Å². The van der Waals surface area contributed by atoms with E-state index in [-0.39, 0.29) is 41.0 Å². The second-order valence-electron chi connectivity index (χ2n) is 32.0. The van der Waals surface area contributed by atoms with Crippen LogP contribution in [0.4, 0.5) is 47.7 Å². The molecule has 3 aliphatic carbocycles. The fourth-order valence-electron chi connectivity index (χ4n) is 17.4. The summed E-state index contributed by atoms with van der Waals surface area (Å²) in [6.45, 7) is 22.6. The van der Waals surface area contributed by atoms with Gasteiger partial charge in [-0.05, 0) is 173 Å². The van der Waals surface area contributed by atoms with Gasteiger partial charge in [-0.3, -0.25) is 14.7 Å². The molecule has 16 rings (SSSR count). The molecule has 29 heteroatoms. The Hall–Kier alpha value is -9.10. The molecule has 3 aromatic carbocycles. The third-order valence-corrected chi connectivity index (χ3v) is 23.4. The number of fused-ring (bicyclic) bond motifs is 3. The Labute approximate surface area is 637 Å². The van der Waals surface area contributed by atoms with Crippen molar-refractivity contribution >= 4 is 67.6 Å². The molecule has 6 aliphatic rings. The molecule has 10 heterocycles. The number of rotatable bonds is 19. The molecule has 0 bridgehead atoms. The van der Waals surface area contributed by atoms with Crippen molar-refractivity contribution < 1.29 is 17.6 Å². The number of hydrogen-bond acceptors (Lipinski definition) is 23. The van der Waals surface area contributed by atoms with Gasteiger partial charge in [0.2, 0.25) is 0 Å². The summed E-state index contributed by atoms with van der Waals surface area (Å²) in [4.78, 5) is 43.6. The van der Waals surface area contributed by atoms with Gasteiger partial charge in [-0.1, -0.05) is 32.0 Å². The number of benzene rings is 3. The zero-order valence-corrected chi connectivity index (χ0v) is 64.7. The Morgan fingerprint density at radius 3 is 1.09 bits per heavy atom. The first-order valence-corrected chi connectivity index (χ1v) is 39.2. The summed E-state index contributed by atoms with van der Waals surface area (Å²) in [5.74, 6) is 0.871. The third-order valence-electron chi connectivity index (χ3n) is 23.4. The number of likely N-dealkylation sites (N-methyl/N-ethyl adjacent to an activating group) is 3. The number of nitrogens with one attached hydrogen (secondary N) is 3. The van der Waals surface area contributed by atoms with E-state index in [2.05, 4.69) is 129 Å². The summed E-state index contributed by atoms with van der Waals surface area (Å²) < 4.78 is 56.4. The molecule has 3 aliphatic heterocycles. The maximum Gasteiger partial charge on any atom is 0.164 e. The van der Waals surface area contributed by atoms with E-state index < -0.39 is 0 Å². The number of furan rings is 1. The van der Waals surface area contributed by atoms with Crippen LogP contribution < -0.4 is 33.2 Å². The van der Waals surface area contributed by atoms with E-state index in [1.54, 1.807) is 30.5 Å². The molecule has 10 aromatic rings. The van der Waals surface area contributed by atoms with Crippen molar-refractivity contribution in [3.8, 4) is 33.8 Å². The summed E-state index contributed by atoms with van der Waals surface area (Å²) >= 11 is 0. The first kappa shape index (κ1) is 76.7. The first-order valence-electron chi connectivity index (χ1n) is 39.2. The van der Waals surface area contributed by atoms with Crippen LogP contribution in [0.15, 0.2) is 96.4 Å². The second-order valence-corrected chi connectivity index (χ2v) is 32.0. The van der Waals surface area contributed by atoms with Crippen molar-refractivity contribution in [2.24, 2.45) is 5.41 Å². The predicted molar refractivity (Wildman–Crippen MR) is 428 cm³/mol. The summed E-state index contributed by atoms with van der Waals surface area (Å²) in [7, 11) is 10.7. The molecule has 0 spiro atoms. The molecule has 0 radical (unpaired) electrons. The van der Waals surface area contributed by atoms with Gasteiger partial charge >= 0.3 is 0 Å². The Morgan fingerprint density at radius 1 is 0.450 bits per heavy atom. The minimum Gasteiger partial charge on any atom is -0.467 e. The van der Waals surface area contributed by atoms with Gasteiger partial charge < -0.3 is 57.2 Å². The number of nitrogen functional groups attached to an aromatic ring is 3. The zero-order chi connectivity index (χ0) is 76.0. The molecule has 26 nitrogen and oxygen atoms in total. The molecule has 7 aromatic heterocycles. The molecule has 0 amide bonds. The number of hydrogen-bond donors (Lipinski definition) is 6. The molecule has 9 N–H and O–H groups in total. The van der Waals surface area contributed by atoms with Crippen LogP contribution in [0.2, 0.25) is 0 Å². The zero-order valence-electron chi connectivity index (χ0n) is 64.7. The molecule has 3 saturated carbocycles. The normalized spacial score (nSPS) is 21.9. The maximum absolute atomic E-state index is 15.3. The highest BCUT2D eigenvalue weighted by Crippen LogP contribution is 2.42. The monoisotopic (exact) mass is 1490 g/mol. The van der Waals surface area contributed by atoms with E-state index in [0.717, 1.165) is 179 Å². The van der Waals surface area contributed by atoms with Gasteiger partial charge in [0.15, 0.2) is 16.9 Å². The molecule has 0 unspecified atom stereocenters. The minimum atomic E-state index is -0.366. The lowest BCUT2D eigenvalue weighted by Crippen LogP contribution is -2.49. The van der Waals surface area contributed by atoms with Crippen molar-refractivity contribution in [2.45, 2.75) is 141 Å². The molecular weight excluding hydrogens is 1380 g/mol. The van der Waals surface area contributed by atoms with Crippen LogP contribution in [0.5, 0.6) is 0 Å². The van der Waals surface area contributed by atoms with Crippen LogP contribution in [-0.2, 0) is 6.54 Å². The van der Waals surface area contributed by atoms with E-state index in [4.69, 9.17) is 36.9 Å². The molecule has 0 atom stereocenters. The molecule has 582 valence electrons. The van der Waals surface area contributed by atoms with Gasteiger partial charge in [-0.15, -0.1) is 0 Å². The predicted octanol–water partition coefficient (Wildman–Crippen LogP) is 11.5. The van der Waals surface area contributed by atoms with Crippen LogP contribution in [0, 0.1) is 22.9 Å². The number of aromatic nitrogens is 12. The van der Waals surface area contributed by atoms with Crippen molar-refractivity contribution in [1.29, 1.82) is 0 Å². The van der Waals surface area contributed by atoms with Crippen molar-refractivity contribution in [3.63, 3.8) is 0 Å². The summed E-state index contributed by atoms with van der Waals surface area (Å²) in [5, 5.41) is 26.4. The highest BCUT2D eigenvalue weighted by Gasteiger charge is 2.35. The summed E-state index contributed by atoms with van der Waals surface area (Å²) in [6, 6.07) is 21.7. The number of piperazine rings is 3. The lowest BCUT2D eigenvalue weighted by molar-refractivity contribution is 0.0815. The third kappa shape index (κ3) is 17.6. The second kappa shape index (κ2) is 34.0.